The third-order valence-corrected chi connectivity index (χ3v) is 6.70. The Morgan fingerprint density at radius 1 is 1.25 bits per heavy atom. The first-order chi connectivity index (χ1) is 17.4. The summed E-state index contributed by atoms with van der Waals surface area (Å²) in [5.41, 5.74) is 0.986. The Balaban J connectivity index is 1.81. The predicted molar refractivity (Wildman–Crippen MR) is 142 cm³/mol. The Morgan fingerprint density at radius 2 is 2.00 bits per heavy atom. The van der Waals surface area contributed by atoms with Gasteiger partial charge in [-0.2, -0.15) is 9.78 Å². The second-order valence-corrected chi connectivity index (χ2v) is 9.64. The first kappa shape index (κ1) is 25.9. The van der Waals surface area contributed by atoms with Crippen LogP contribution in [0.2, 0.25) is 0 Å². The number of carbonyl (C=O) groups excluding carboxylic acids is 1. The molecule has 3 aromatic rings. The monoisotopic (exact) mass is 555 g/mol. The van der Waals surface area contributed by atoms with Gasteiger partial charge in [0.25, 0.3) is 5.56 Å². The van der Waals surface area contributed by atoms with Crippen LogP contribution in [-0.4, -0.2) is 41.7 Å². The number of carbonyl (C=O) groups is 1. The zero-order valence-corrected chi connectivity index (χ0v) is 22.3. The van der Waals surface area contributed by atoms with Gasteiger partial charge in [-0.3, -0.25) is 4.79 Å². The van der Waals surface area contributed by atoms with Gasteiger partial charge in [0.2, 0.25) is 0 Å². The summed E-state index contributed by atoms with van der Waals surface area (Å²) in [5.74, 6) is 1.08. The van der Waals surface area contributed by atoms with Gasteiger partial charge >= 0.3 is 5.97 Å². The summed E-state index contributed by atoms with van der Waals surface area (Å²) in [7, 11) is 1.52. The van der Waals surface area contributed by atoms with Gasteiger partial charge in [0.1, 0.15) is 5.82 Å². The topological polar surface area (TPSA) is 92.0 Å². The molecule has 0 saturated heterocycles. The van der Waals surface area contributed by atoms with Gasteiger partial charge in [0.15, 0.2) is 17.6 Å². The molecule has 0 radical (unpaired) electrons. The lowest BCUT2D eigenvalue weighted by atomic mass is 9.88. The largest absolute Gasteiger partial charge is 0.493 e. The molecular formula is C27H30BrN3O5. The van der Waals surface area contributed by atoms with Crippen molar-refractivity contribution in [3.8, 4) is 11.5 Å². The number of halogens is 1. The summed E-state index contributed by atoms with van der Waals surface area (Å²) < 4.78 is 18.7. The van der Waals surface area contributed by atoms with Crippen molar-refractivity contribution >= 4 is 39.0 Å². The fourth-order valence-electron chi connectivity index (χ4n) is 4.44. The van der Waals surface area contributed by atoms with Crippen LogP contribution in [0.5, 0.6) is 11.5 Å². The van der Waals surface area contributed by atoms with Crippen molar-refractivity contribution in [1.82, 2.24) is 9.66 Å². The maximum Gasteiger partial charge on any atom is 0.347 e. The molecule has 1 aliphatic rings. The third kappa shape index (κ3) is 5.61. The molecule has 0 bridgehead atoms. The lowest BCUT2D eigenvalue weighted by Crippen LogP contribution is -2.27. The fraction of sp³-hybridized carbons (Fsp3) is 0.407. The molecule has 1 aromatic heterocycles. The van der Waals surface area contributed by atoms with Crippen molar-refractivity contribution in [1.29, 1.82) is 0 Å². The van der Waals surface area contributed by atoms with Gasteiger partial charge in [-0.05, 0) is 51.0 Å². The lowest BCUT2D eigenvalue weighted by molar-refractivity contribution is -0.150. The van der Waals surface area contributed by atoms with E-state index < -0.39 is 12.1 Å². The quantitative estimate of drug-likeness (QED) is 0.272. The summed E-state index contributed by atoms with van der Waals surface area (Å²) in [6.45, 7) is 3.60. The van der Waals surface area contributed by atoms with Gasteiger partial charge < -0.3 is 14.2 Å². The minimum absolute atomic E-state index is 0.157. The molecule has 0 N–H and O–H groups in total. The summed E-state index contributed by atoms with van der Waals surface area (Å²) in [5, 5.41) is 5.12. The van der Waals surface area contributed by atoms with Crippen LogP contribution in [-0.2, 0) is 9.53 Å². The minimum atomic E-state index is -0.866. The Morgan fingerprint density at radius 3 is 2.72 bits per heavy atom. The average Bonchev–Trinajstić information content (AvgIpc) is 2.89. The SMILES string of the molecule is CCOC(=O)[C@@H](C)Oc1c(C=Nn2c(C3CCCCC3)nc3ccccc3c2=O)cc(Br)cc1OC. The highest BCUT2D eigenvalue weighted by Crippen LogP contribution is 2.35. The Kier molecular flexibility index (Phi) is 8.40. The molecule has 0 amide bonds. The molecule has 8 nitrogen and oxygen atoms in total. The highest BCUT2D eigenvalue weighted by molar-refractivity contribution is 9.10. The van der Waals surface area contributed by atoms with E-state index in [-0.39, 0.29) is 18.1 Å². The molecule has 1 heterocycles. The van der Waals surface area contributed by atoms with Crippen LogP contribution >= 0.6 is 15.9 Å². The van der Waals surface area contributed by atoms with Crippen LogP contribution < -0.4 is 15.0 Å². The molecule has 1 atom stereocenters. The molecule has 4 rings (SSSR count). The van der Waals surface area contributed by atoms with Crippen LogP contribution in [0.3, 0.4) is 0 Å². The number of nitrogens with zero attached hydrogens (tertiary/aromatic N) is 3. The summed E-state index contributed by atoms with van der Waals surface area (Å²) in [4.78, 5) is 30.6. The molecule has 1 aliphatic carbocycles. The lowest BCUT2D eigenvalue weighted by Gasteiger charge is -2.23. The third-order valence-electron chi connectivity index (χ3n) is 6.24. The van der Waals surface area contributed by atoms with E-state index in [1.807, 2.05) is 18.2 Å². The van der Waals surface area contributed by atoms with E-state index in [2.05, 4.69) is 21.0 Å². The van der Waals surface area contributed by atoms with E-state index in [1.54, 1.807) is 38.3 Å². The number of fused-ring (bicyclic) bond motifs is 1. The number of rotatable bonds is 8. The van der Waals surface area contributed by atoms with Gasteiger partial charge in [-0.1, -0.05) is 47.3 Å². The summed E-state index contributed by atoms with van der Waals surface area (Å²) in [6, 6.07) is 10.9. The van der Waals surface area contributed by atoms with E-state index in [9.17, 15) is 9.59 Å². The number of hydrogen-bond donors (Lipinski definition) is 0. The first-order valence-electron chi connectivity index (χ1n) is 12.2. The number of benzene rings is 2. The van der Waals surface area contributed by atoms with Crippen LogP contribution in [0.25, 0.3) is 10.9 Å². The Hall–Kier alpha value is -3.20. The number of hydrogen-bond acceptors (Lipinski definition) is 7. The molecule has 190 valence electrons. The molecule has 1 saturated carbocycles. The van der Waals surface area contributed by atoms with Crippen molar-refractivity contribution in [3.05, 3.63) is 62.6 Å². The zero-order valence-electron chi connectivity index (χ0n) is 20.7. The van der Waals surface area contributed by atoms with E-state index in [1.165, 1.54) is 18.2 Å². The van der Waals surface area contributed by atoms with E-state index in [0.29, 0.717) is 33.8 Å². The number of esters is 1. The normalized spacial score (nSPS) is 15.2. The van der Waals surface area contributed by atoms with Gasteiger partial charge in [0.05, 0.1) is 30.8 Å². The minimum Gasteiger partial charge on any atom is -0.493 e. The highest BCUT2D eigenvalue weighted by Gasteiger charge is 2.23. The van der Waals surface area contributed by atoms with Crippen LogP contribution in [0.4, 0.5) is 0 Å². The molecule has 1 fully saturated rings. The molecule has 36 heavy (non-hydrogen) atoms. The zero-order chi connectivity index (χ0) is 25.7. The average molecular weight is 556 g/mol. The summed E-state index contributed by atoms with van der Waals surface area (Å²) >= 11 is 3.49. The smallest absolute Gasteiger partial charge is 0.347 e. The highest BCUT2D eigenvalue weighted by atomic mass is 79.9. The number of methoxy groups -OCH3 is 1. The maximum absolute atomic E-state index is 13.5. The molecule has 0 aliphatic heterocycles. The molecule has 2 aromatic carbocycles. The Bertz CT molecular complexity index is 1330. The summed E-state index contributed by atoms with van der Waals surface area (Å²) in [6.07, 6.45) is 6.01. The number of ether oxygens (including phenoxy) is 3. The van der Waals surface area contributed by atoms with E-state index in [4.69, 9.17) is 19.2 Å². The first-order valence-corrected chi connectivity index (χ1v) is 13.0. The van der Waals surface area contributed by atoms with Crippen molar-refractivity contribution in [2.75, 3.05) is 13.7 Å². The van der Waals surface area contributed by atoms with Crippen molar-refractivity contribution in [3.63, 3.8) is 0 Å². The Labute approximate surface area is 218 Å². The van der Waals surface area contributed by atoms with E-state index >= 15 is 0 Å². The van der Waals surface area contributed by atoms with Crippen LogP contribution in [0.15, 0.2) is 50.8 Å². The standard InChI is InChI=1S/C27H30BrN3O5/c1-4-35-27(33)17(2)36-24-19(14-20(28)15-23(24)34-3)16-29-31-25(18-10-6-5-7-11-18)30-22-13-9-8-12-21(22)26(31)32/h8-9,12-18H,4-7,10-11H2,1-3H3/t17-/m1/s1. The van der Waals surface area contributed by atoms with Crippen LogP contribution in [0.1, 0.15) is 63.3 Å². The van der Waals surface area contributed by atoms with Gasteiger partial charge in [0, 0.05) is 16.0 Å². The fourth-order valence-corrected chi connectivity index (χ4v) is 4.90. The molecule has 0 unspecified atom stereocenters. The molecular weight excluding hydrogens is 526 g/mol. The predicted octanol–water partition coefficient (Wildman–Crippen LogP) is 5.43. The second kappa shape index (κ2) is 11.7. The van der Waals surface area contributed by atoms with Crippen molar-refractivity contribution < 1.29 is 19.0 Å². The maximum atomic E-state index is 13.5. The van der Waals surface area contributed by atoms with E-state index in [0.717, 1.165) is 30.2 Å². The number of aromatic nitrogens is 2. The van der Waals surface area contributed by atoms with Crippen molar-refractivity contribution in [2.24, 2.45) is 5.10 Å². The van der Waals surface area contributed by atoms with Gasteiger partial charge in [-0.25, -0.2) is 9.78 Å². The van der Waals surface area contributed by atoms with Gasteiger partial charge in [-0.15, -0.1) is 0 Å². The van der Waals surface area contributed by atoms with Crippen molar-refractivity contribution in [2.45, 2.75) is 58.0 Å². The number of para-hydroxylation sites is 1. The molecule has 0 spiro atoms. The molecule has 9 heteroatoms. The van der Waals surface area contributed by atoms with Crippen LogP contribution in [0, 0.1) is 0 Å². The second-order valence-electron chi connectivity index (χ2n) is 8.72.